The summed E-state index contributed by atoms with van der Waals surface area (Å²) in [6.45, 7) is 0.237. The quantitative estimate of drug-likeness (QED) is 0.400. The number of pyridine rings is 1. The lowest BCUT2D eigenvalue weighted by atomic mass is 9.86. The van der Waals surface area contributed by atoms with Gasteiger partial charge in [0.05, 0.1) is 16.8 Å². The maximum Gasteiger partial charge on any atom is 0.339 e. The summed E-state index contributed by atoms with van der Waals surface area (Å²) in [6, 6.07) is 24.6. The molecule has 1 aliphatic carbocycles. The normalized spacial score (nSPS) is 14.3. The van der Waals surface area contributed by atoms with Gasteiger partial charge in [-0.2, -0.15) is 0 Å². The first-order chi connectivity index (χ1) is 15.7. The lowest BCUT2D eigenvalue weighted by Crippen LogP contribution is -2.15. The Hall–Kier alpha value is -3.92. The second-order valence-corrected chi connectivity index (χ2v) is 8.01. The third-order valence-electron chi connectivity index (χ3n) is 5.82. The van der Waals surface area contributed by atoms with Crippen molar-refractivity contribution in [3.63, 3.8) is 0 Å². The zero-order valence-electron chi connectivity index (χ0n) is 17.6. The van der Waals surface area contributed by atoms with Gasteiger partial charge in [-0.15, -0.1) is 0 Å². The summed E-state index contributed by atoms with van der Waals surface area (Å²) in [5, 5.41) is 10.4. The van der Waals surface area contributed by atoms with Gasteiger partial charge in [-0.05, 0) is 65.8 Å². The number of allylic oxidation sites excluding steroid dienone is 1. The predicted octanol–water partition coefficient (Wildman–Crippen LogP) is 6.17. The largest absolute Gasteiger partial charge is 0.508 e. The molecule has 1 N–H and O–H groups in total. The Balaban J connectivity index is 1.58. The van der Waals surface area contributed by atoms with Gasteiger partial charge in [0.25, 0.3) is 0 Å². The summed E-state index contributed by atoms with van der Waals surface area (Å²) in [7, 11) is 0. The van der Waals surface area contributed by atoms with Gasteiger partial charge in [-0.25, -0.2) is 9.78 Å². The van der Waals surface area contributed by atoms with Crippen molar-refractivity contribution in [1.29, 1.82) is 0 Å². The fourth-order valence-corrected chi connectivity index (χ4v) is 4.28. The summed E-state index contributed by atoms with van der Waals surface area (Å²) in [5.74, 6) is -0.0710. The SMILES string of the molecule is O=C(OCc1ccccc1)c1c2c(nc3ccccc13)C(=Cc1ccc(O)cc1)CCC2. The van der Waals surface area contributed by atoms with Crippen LogP contribution in [0.2, 0.25) is 0 Å². The molecule has 0 saturated carbocycles. The fourth-order valence-electron chi connectivity index (χ4n) is 4.28. The number of rotatable bonds is 4. The lowest BCUT2D eigenvalue weighted by Gasteiger charge is -2.22. The Bertz CT molecular complexity index is 1310. The van der Waals surface area contributed by atoms with Crippen LogP contribution in [-0.2, 0) is 17.8 Å². The van der Waals surface area contributed by atoms with E-state index < -0.39 is 0 Å². The Labute approximate surface area is 186 Å². The zero-order valence-corrected chi connectivity index (χ0v) is 17.6. The molecule has 0 atom stereocenters. The number of carbonyl (C=O) groups excluding carboxylic acids is 1. The molecule has 0 fully saturated rings. The first-order valence-corrected chi connectivity index (χ1v) is 10.8. The van der Waals surface area contributed by atoms with Gasteiger partial charge in [-0.1, -0.05) is 60.7 Å². The van der Waals surface area contributed by atoms with Gasteiger partial charge in [0.15, 0.2) is 0 Å². The van der Waals surface area contributed by atoms with Gasteiger partial charge in [0, 0.05) is 5.39 Å². The van der Waals surface area contributed by atoms with E-state index in [1.807, 2.05) is 66.7 Å². The molecule has 0 amide bonds. The molecular weight excluding hydrogens is 398 g/mol. The third kappa shape index (κ3) is 4.00. The molecule has 4 aromatic rings. The number of ether oxygens (including phenoxy) is 1. The average Bonchev–Trinajstić information content (AvgIpc) is 2.83. The highest BCUT2D eigenvalue weighted by Gasteiger charge is 2.26. The Morgan fingerprint density at radius 2 is 1.69 bits per heavy atom. The van der Waals surface area contributed by atoms with Crippen LogP contribution >= 0.6 is 0 Å². The van der Waals surface area contributed by atoms with Crippen molar-refractivity contribution < 1.29 is 14.6 Å². The van der Waals surface area contributed by atoms with E-state index in [1.54, 1.807) is 12.1 Å². The molecule has 0 aliphatic heterocycles. The van der Waals surface area contributed by atoms with Gasteiger partial charge in [0.2, 0.25) is 0 Å². The molecule has 5 rings (SSSR count). The molecule has 32 heavy (non-hydrogen) atoms. The monoisotopic (exact) mass is 421 g/mol. The summed E-state index contributed by atoms with van der Waals surface area (Å²) in [6.07, 6.45) is 4.71. The van der Waals surface area contributed by atoms with Crippen molar-refractivity contribution in [3.05, 3.63) is 107 Å². The van der Waals surface area contributed by atoms with E-state index in [0.717, 1.165) is 58.1 Å². The lowest BCUT2D eigenvalue weighted by molar-refractivity contribution is 0.0473. The fraction of sp³-hybridized carbons (Fsp3) is 0.143. The minimum Gasteiger partial charge on any atom is -0.508 e. The van der Waals surface area contributed by atoms with Crippen LogP contribution in [0.4, 0.5) is 0 Å². The van der Waals surface area contributed by atoms with Gasteiger partial charge < -0.3 is 9.84 Å². The molecule has 4 heteroatoms. The number of nitrogens with zero attached hydrogens (tertiary/aromatic N) is 1. The van der Waals surface area contributed by atoms with Crippen molar-refractivity contribution in [2.75, 3.05) is 0 Å². The summed E-state index contributed by atoms with van der Waals surface area (Å²) >= 11 is 0. The van der Waals surface area contributed by atoms with Gasteiger partial charge >= 0.3 is 5.97 Å². The zero-order chi connectivity index (χ0) is 21.9. The van der Waals surface area contributed by atoms with E-state index in [9.17, 15) is 9.90 Å². The van der Waals surface area contributed by atoms with Crippen molar-refractivity contribution in [3.8, 4) is 5.75 Å². The topological polar surface area (TPSA) is 59.4 Å². The Kier molecular flexibility index (Phi) is 5.42. The molecule has 1 aromatic heterocycles. The molecule has 4 nitrogen and oxygen atoms in total. The number of phenolic OH excluding ortho intramolecular Hbond substituents is 1. The molecule has 0 radical (unpaired) electrons. The third-order valence-corrected chi connectivity index (χ3v) is 5.82. The number of hydrogen-bond donors (Lipinski definition) is 1. The Morgan fingerprint density at radius 3 is 2.50 bits per heavy atom. The smallest absolute Gasteiger partial charge is 0.339 e. The van der Waals surface area contributed by atoms with Crippen LogP contribution in [0.25, 0.3) is 22.6 Å². The number of fused-ring (bicyclic) bond motifs is 2. The predicted molar refractivity (Wildman–Crippen MR) is 126 cm³/mol. The van der Waals surface area contributed by atoms with Crippen LogP contribution < -0.4 is 0 Å². The van der Waals surface area contributed by atoms with Gasteiger partial charge in [-0.3, -0.25) is 0 Å². The standard InChI is InChI=1S/C28H23NO3/c30-22-15-13-19(14-16-22)17-21-9-6-11-24-26(23-10-4-5-12-25(23)29-27(21)24)28(31)32-18-20-7-2-1-3-8-20/h1-5,7-8,10,12-17,30H,6,9,11,18H2. The number of aromatic nitrogens is 1. The van der Waals surface area contributed by atoms with E-state index in [-0.39, 0.29) is 18.3 Å². The molecule has 0 spiro atoms. The number of carbonyl (C=O) groups is 1. The van der Waals surface area contributed by atoms with Crippen LogP contribution in [0.5, 0.6) is 5.75 Å². The minimum atomic E-state index is -0.311. The molecule has 3 aromatic carbocycles. The van der Waals surface area contributed by atoms with Crippen molar-refractivity contribution in [1.82, 2.24) is 4.98 Å². The highest BCUT2D eigenvalue weighted by molar-refractivity contribution is 6.06. The maximum absolute atomic E-state index is 13.3. The number of hydrogen-bond acceptors (Lipinski definition) is 4. The molecule has 0 saturated heterocycles. The minimum absolute atomic E-state index is 0.237. The van der Waals surface area contributed by atoms with E-state index in [2.05, 4.69) is 6.08 Å². The summed E-state index contributed by atoms with van der Waals surface area (Å²) in [5.41, 5.74) is 6.29. The van der Waals surface area contributed by atoms with E-state index in [1.165, 1.54) is 0 Å². The molecular formula is C28H23NO3. The van der Waals surface area contributed by atoms with Gasteiger partial charge in [0.1, 0.15) is 12.4 Å². The highest BCUT2D eigenvalue weighted by atomic mass is 16.5. The molecule has 158 valence electrons. The van der Waals surface area contributed by atoms with Crippen LogP contribution in [0.15, 0.2) is 78.9 Å². The summed E-state index contributed by atoms with van der Waals surface area (Å²) in [4.78, 5) is 18.3. The average molecular weight is 421 g/mol. The van der Waals surface area contributed by atoms with E-state index >= 15 is 0 Å². The number of para-hydroxylation sites is 1. The second kappa shape index (κ2) is 8.67. The Morgan fingerprint density at radius 1 is 0.938 bits per heavy atom. The molecule has 1 heterocycles. The second-order valence-electron chi connectivity index (χ2n) is 8.01. The number of benzene rings is 3. The maximum atomic E-state index is 13.3. The van der Waals surface area contributed by atoms with Crippen LogP contribution in [0.3, 0.4) is 0 Å². The highest BCUT2D eigenvalue weighted by Crippen LogP contribution is 2.36. The van der Waals surface area contributed by atoms with E-state index in [4.69, 9.17) is 9.72 Å². The molecule has 0 bridgehead atoms. The van der Waals surface area contributed by atoms with Crippen LogP contribution in [0, 0.1) is 0 Å². The van der Waals surface area contributed by atoms with Crippen LogP contribution in [-0.4, -0.2) is 16.1 Å². The number of phenols is 1. The molecule has 1 aliphatic rings. The first kappa shape index (κ1) is 20.0. The number of aromatic hydroxyl groups is 1. The first-order valence-electron chi connectivity index (χ1n) is 10.8. The van der Waals surface area contributed by atoms with Crippen LogP contribution in [0.1, 0.15) is 45.6 Å². The van der Waals surface area contributed by atoms with Crippen molar-refractivity contribution >= 4 is 28.5 Å². The number of esters is 1. The van der Waals surface area contributed by atoms with Crippen molar-refractivity contribution in [2.45, 2.75) is 25.9 Å². The van der Waals surface area contributed by atoms with E-state index in [0.29, 0.717) is 5.56 Å². The summed E-state index contributed by atoms with van der Waals surface area (Å²) < 4.78 is 5.74. The van der Waals surface area contributed by atoms with Crippen molar-refractivity contribution in [2.24, 2.45) is 0 Å². The molecule has 0 unspecified atom stereocenters.